The molecule has 4 aromatic rings. The number of fused-ring (bicyclic) bond motifs is 2. The summed E-state index contributed by atoms with van der Waals surface area (Å²) in [6.07, 6.45) is 0.307. The van der Waals surface area contributed by atoms with Crippen LogP contribution in [-0.4, -0.2) is 40.1 Å². The summed E-state index contributed by atoms with van der Waals surface area (Å²) in [5.41, 5.74) is 6.94. The molecule has 0 aliphatic carbocycles. The monoisotopic (exact) mass is 499 g/mol. The van der Waals surface area contributed by atoms with Gasteiger partial charge in [-0.3, -0.25) is 24.1 Å². The molecule has 0 unspecified atom stereocenters. The van der Waals surface area contributed by atoms with Gasteiger partial charge in [-0.1, -0.05) is 53.8 Å². The summed E-state index contributed by atoms with van der Waals surface area (Å²) in [5, 5.41) is 8.60. The van der Waals surface area contributed by atoms with Crippen molar-refractivity contribution < 1.29 is 19.2 Å². The number of anilines is 3. The molecule has 2 heterocycles. The van der Waals surface area contributed by atoms with E-state index in [0.29, 0.717) is 16.3 Å². The van der Waals surface area contributed by atoms with E-state index in [2.05, 4.69) is 15.6 Å². The highest BCUT2D eigenvalue weighted by Gasteiger charge is 2.34. The number of benzene rings is 3. The van der Waals surface area contributed by atoms with E-state index in [0.717, 1.165) is 32.7 Å². The van der Waals surface area contributed by atoms with Crippen LogP contribution in [0, 0.1) is 0 Å². The van der Waals surface area contributed by atoms with E-state index >= 15 is 0 Å². The van der Waals surface area contributed by atoms with Gasteiger partial charge in [0.15, 0.2) is 10.8 Å². The van der Waals surface area contributed by atoms with E-state index in [1.165, 1.54) is 0 Å². The van der Waals surface area contributed by atoms with Crippen LogP contribution in [0.4, 0.5) is 15.8 Å². The number of nitrogens with two attached hydrogens (primary N) is 1. The van der Waals surface area contributed by atoms with Crippen LogP contribution < -0.4 is 16.4 Å². The predicted octanol–water partition coefficient (Wildman–Crippen LogP) is 4.15. The number of hydrogen-bond acceptors (Lipinski definition) is 7. The predicted molar refractivity (Wildman–Crippen MR) is 138 cm³/mol. The van der Waals surface area contributed by atoms with Crippen molar-refractivity contribution in [2.45, 2.75) is 12.8 Å². The third-order valence-electron chi connectivity index (χ3n) is 5.78. The van der Waals surface area contributed by atoms with Gasteiger partial charge in [-0.15, -0.1) is 0 Å². The Bertz CT molecular complexity index is 1490. The van der Waals surface area contributed by atoms with E-state index < -0.39 is 5.91 Å². The van der Waals surface area contributed by atoms with E-state index in [1.54, 1.807) is 24.3 Å². The molecular formula is C26H21N5O4S. The Morgan fingerprint density at radius 2 is 1.58 bits per heavy atom. The average molecular weight is 500 g/mol. The van der Waals surface area contributed by atoms with Crippen molar-refractivity contribution in [3.8, 4) is 0 Å². The van der Waals surface area contributed by atoms with Crippen LogP contribution in [0.15, 0.2) is 66.7 Å². The van der Waals surface area contributed by atoms with E-state index in [1.807, 2.05) is 42.5 Å². The molecule has 10 heteroatoms. The number of carbonyl (C=O) groups excluding carboxylic acids is 4. The van der Waals surface area contributed by atoms with Crippen molar-refractivity contribution in [2.75, 3.05) is 17.2 Å². The first-order chi connectivity index (χ1) is 17.4. The van der Waals surface area contributed by atoms with Crippen molar-refractivity contribution in [1.82, 2.24) is 9.88 Å². The molecule has 3 aromatic carbocycles. The Morgan fingerprint density at radius 1 is 0.917 bits per heavy atom. The normalized spacial score (nSPS) is 12.6. The van der Waals surface area contributed by atoms with Gasteiger partial charge in [0.25, 0.3) is 17.7 Å². The molecule has 1 aliphatic heterocycles. The highest BCUT2D eigenvalue weighted by molar-refractivity contribution is 7.20. The lowest BCUT2D eigenvalue weighted by atomic mass is 10.1. The Kier molecular flexibility index (Phi) is 6.17. The molecule has 9 nitrogen and oxygen atoms in total. The summed E-state index contributed by atoms with van der Waals surface area (Å²) >= 11 is 1.09. The quantitative estimate of drug-likeness (QED) is 0.312. The fraction of sp³-hybridized carbons (Fsp3) is 0.115. The summed E-state index contributed by atoms with van der Waals surface area (Å²) in [6, 6.07) is 20.4. The van der Waals surface area contributed by atoms with E-state index in [9.17, 15) is 19.2 Å². The molecule has 1 aromatic heterocycles. The molecule has 0 fully saturated rings. The van der Waals surface area contributed by atoms with E-state index in [-0.39, 0.29) is 47.8 Å². The lowest BCUT2D eigenvalue weighted by Gasteiger charge is -2.13. The number of carbonyl (C=O) groups is 4. The lowest BCUT2D eigenvalue weighted by molar-refractivity contribution is -0.116. The molecule has 4 amide bonds. The largest absolute Gasteiger partial charge is 0.364 e. The van der Waals surface area contributed by atoms with Crippen LogP contribution >= 0.6 is 11.3 Å². The maximum absolute atomic E-state index is 12.6. The summed E-state index contributed by atoms with van der Waals surface area (Å²) < 4.78 is 0. The van der Waals surface area contributed by atoms with Gasteiger partial charge in [-0.25, -0.2) is 4.98 Å². The van der Waals surface area contributed by atoms with Gasteiger partial charge in [0.2, 0.25) is 5.91 Å². The maximum Gasteiger partial charge on any atom is 0.270 e. The minimum absolute atomic E-state index is 0.0386. The molecule has 5 rings (SSSR count). The second-order valence-electron chi connectivity index (χ2n) is 8.21. The van der Waals surface area contributed by atoms with Gasteiger partial charge in [-0.2, -0.15) is 0 Å². The van der Waals surface area contributed by atoms with Crippen molar-refractivity contribution >= 4 is 61.6 Å². The molecule has 0 atom stereocenters. The Labute approximate surface area is 209 Å². The zero-order valence-corrected chi connectivity index (χ0v) is 19.8. The van der Waals surface area contributed by atoms with Crippen LogP contribution in [0.2, 0.25) is 0 Å². The third kappa shape index (κ3) is 4.53. The molecule has 180 valence electrons. The number of hydrogen-bond donors (Lipinski definition) is 3. The zero-order chi connectivity index (χ0) is 25.2. The molecular weight excluding hydrogens is 478 g/mol. The van der Waals surface area contributed by atoms with Crippen LogP contribution in [0.1, 0.15) is 44.0 Å². The average Bonchev–Trinajstić information content (AvgIpc) is 3.38. The van der Waals surface area contributed by atoms with Gasteiger partial charge in [0.1, 0.15) is 5.00 Å². The Morgan fingerprint density at radius 3 is 2.28 bits per heavy atom. The standard InChI is InChI=1S/C26H21N5O4S/c27-22(33)21-23(36-26(30-21)28-17-12-11-15-6-1-2-7-16(15)14-17)29-20(32)10-5-13-31-24(34)18-8-3-4-9-19(18)25(31)35/h1-4,6-9,11-12,14H,5,10,13H2,(H2,27,33)(H,28,30)(H,29,32). The van der Waals surface area contributed by atoms with Crippen LogP contribution in [0.5, 0.6) is 0 Å². The molecule has 0 saturated carbocycles. The second-order valence-corrected chi connectivity index (χ2v) is 9.21. The van der Waals surface area contributed by atoms with Crippen LogP contribution in [-0.2, 0) is 4.79 Å². The summed E-state index contributed by atoms with van der Waals surface area (Å²) in [4.78, 5) is 54.8. The fourth-order valence-electron chi connectivity index (χ4n) is 4.04. The SMILES string of the molecule is NC(=O)c1nc(Nc2ccc3ccccc3c2)sc1NC(=O)CCCN1C(=O)c2ccccc2C1=O. The second kappa shape index (κ2) is 9.59. The van der Waals surface area contributed by atoms with Gasteiger partial charge in [0, 0.05) is 18.7 Å². The number of amides is 4. The number of rotatable bonds is 8. The van der Waals surface area contributed by atoms with Gasteiger partial charge in [-0.05, 0) is 41.5 Å². The van der Waals surface area contributed by atoms with Crippen molar-refractivity contribution in [3.05, 3.63) is 83.6 Å². The molecule has 0 saturated heterocycles. The van der Waals surface area contributed by atoms with Gasteiger partial charge in [0.05, 0.1) is 11.1 Å². The fourth-order valence-corrected chi connectivity index (χ4v) is 4.95. The number of nitrogens with one attached hydrogen (secondary N) is 2. The van der Waals surface area contributed by atoms with Crippen molar-refractivity contribution in [3.63, 3.8) is 0 Å². The maximum atomic E-state index is 12.6. The number of aromatic nitrogens is 1. The molecule has 1 aliphatic rings. The smallest absolute Gasteiger partial charge is 0.270 e. The molecule has 4 N–H and O–H groups in total. The number of thiazole rings is 1. The minimum Gasteiger partial charge on any atom is -0.364 e. The van der Waals surface area contributed by atoms with Gasteiger partial charge < -0.3 is 16.4 Å². The summed E-state index contributed by atoms with van der Waals surface area (Å²) in [6.45, 7) is 0.111. The number of nitrogens with zero attached hydrogens (tertiary/aromatic N) is 2. The highest BCUT2D eigenvalue weighted by Crippen LogP contribution is 2.32. The molecule has 0 spiro atoms. The topological polar surface area (TPSA) is 134 Å². The van der Waals surface area contributed by atoms with Crippen LogP contribution in [0.25, 0.3) is 10.8 Å². The summed E-state index contributed by atoms with van der Waals surface area (Å²) in [7, 11) is 0. The number of primary amides is 1. The van der Waals surface area contributed by atoms with Crippen molar-refractivity contribution in [2.24, 2.45) is 5.73 Å². The van der Waals surface area contributed by atoms with Gasteiger partial charge >= 0.3 is 0 Å². The summed E-state index contributed by atoms with van der Waals surface area (Å²) in [5.74, 6) is -1.87. The first-order valence-electron chi connectivity index (χ1n) is 11.2. The van der Waals surface area contributed by atoms with Crippen molar-refractivity contribution in [1.29, 1.82) is 0 Å². The molecule has 0 radical (unpaired) electrons. The van der Waals surface area contributed by atoms with Crippen LogP contribution in [0.3, 0.4) is 0 Å². The Balaban J connectivity index is 1.22. The lowest BCUT2D eigenvalue weighted by Crippen LogP contribution is -2.31. The first-order valence-corrected chi connectivity index (χ1v) is 12.0. The molecule has 36 heavy (non-hydrogen) atoms. The minimum atomic E-state index is -0.765. The Hall–Kier alpha value is -4.57. The number of imide groups is 1. The molecule has 0 bridgehead atoms. The first kappa shape index (κ1) is 23.2. The third-order valence-corrected chi connectivity index (χ3v) is 6.66. The highest BCUT2D eigenvalue weighted by atomic mass is 32.1. The van der Waals surface area contributed by atoms with E-state index in [4.69, 9.17) is 5.73 Å². The zero-order valence-electron chi connectivity index (χ0n) is 19.0.